The first kappa shape index (κ1) is 16.9. The number of piperazine rings is 1. The molecule has 0 aromatic heterocycles. The van der Waals surface area contributed by atoms with E-state index in [1.807, 2.05) is 13.0 Å². The van der Waals surface area contributed by atoms with Crippen LogP contribution in [0.5, 0.6) is 0 Å². The van der Waals surface area contributed by atoms with Crippen molar-refractivity contribution in [3.8, 4) is 0 Å². The van der Waals surface area contributed by atoms with E-state index < -0.39 is 0 Å². The molecule has 1 fully saturated rings. The van der Waals surface area contributed by atoms with Crippen molar-refractivity contribution in [1.82, 2.24) is 10.2 Å². The summed E-state index contributed by atoms with van der Waals surface area (Å²) in [6, 6.07) is 16.0. The van der Waals surface area contributed by atoms with Gasteiger partial charge >= 0.3 is 0 Å². The molecule has 4 heteroatoms. The number of anilines is 1. The van der Waals surface area contributed by atoms with Crippen molar-refractivity contribution in [3.63, 3.8) is 0 Å². The van der Waals surface area contributed by atoms with E-state index in [-0.39, 0.29) is 5.82 Å². The lowest BCUT2D eigenvalue weighted by molar-refractivity contribution is 0.189. The SMILES string of the molecule is Cc1ccc(F)cc1NCCC1CN(Cc2ccccc2)CCN1. The van der Waals surface area contributed by atoms with Crippen LogP contribution in [0.15, 0.2) is 48.5 Å². The Hall–Kier alpha value is -1.91. The molecule has 1 atom stereocenters. The van der Waals surface area contributed by atoms with Gasteiger partial charge in [0.2, 0.25) is 0 Å². The zero-order valence-corrected chi connectivity index (χ0v) is 14.3. The molecule has 0 bridgehead atoms. The molecule has 1 aliphatic heterocycles. The number of nitrogens with zero attached hydrogens (tertiary/aromatic N) is 1. The first-order valence-corrected chi connectivity index (χ1v) is 8.70. The van der Waals surface area contributed by atoms with E-state index in [2.05, 4.69) is 45.9 Å². The number of halogens is 1. The zero-order valence-electron chi connectivity index (χ0n) is 14.3. The third-order valence-electron chi connectivity index (χ3n) is 4.60. The second kappa shape index (κ2) is 8.27. The highest BCUT2D eigenvalue weighted by atomic mass is 19.1. The van der Waals surface area contributed by atoms with Crippen LogP contribution in [-0.4, -0.2) is 37.1 Å². The first-order chi connectivity index (χ1) is 11.7. The topological polar surface area (TPSA) is 27.3 Å². The van der Waals surface area contributed by atoms with Gasteiger partial charge in [-0.1, -0.05) is 36.4 Å². The minimum absolute atomic E-state index is 0.187. The van der Waals surface area contributed by atoms with Crippen molar-refractivity contribution in [2.75, 3.05) is 31.5 Å². The molecular formula is C20H26FN3. The van der Waals surface area contributed by atoms with E-state index in [0.29, 0.717) is 6.04 Å². The van der Waals surface area contributed by atoms with Gasteiger partial charge in [0.15, 0.2) is 0 Å². The largest absolute Gasteiger partial charge is 0.385 e. The molecule has 1 saturated heterocycles. The van der Waals surface area contributed by atoms with Gasteiger partial charge < -0.3 is 10.6 Å². The molecular weight excluding hydrogens is 301 g/mol. The average molecular weight is 327 g/mol. The van der Waals surface area contributed by atoms with E-state index >= 15 is 0 Å². The summed E-state index contributed by atoms with van der Waals surface area (Å²) in [6.45, 7) is 7.02. The van der Waals surface area contributed by atoms with Crippen LogP contribution in [0.4, 0.5) is 10.1 Å². The molecule has 0 spiro atoms. The Kier molecular flexibility index (Phi) is 5.83. The Morgan fingerprint density at radius 1 is 1.21 bits per heavy atom. The highest BCUT2D eigenvalue weighted by molar-refractivity contribution is 5.50. The minimum atomic E-state index is -0.187. The van der Waals surface area contributed by atoms with E-state index in [1.54, 1.807) is 6.07 Å². The van der Waals surface area contributed by atoms with Crippen LogP contribution >= 0.6 is 0 Å². The summed E-state index contributed by atoms with van der Waals surface area (Å²) >= 11 is 0. The molecule has 2 aromatic rings. The molecule has 2 aromatic carbocycles. The lowest BCUT2D eigenvalue weighted by Gasteiger charge is -2.34. The van der Waals surface area contributed by atoms with Crippen LogP contribution < -0.4 is 10.6 Å². The summed E-state index contributed by atoms with van der Waals surface area (Å²) in [5.41, 5.74) is 3.34. The van der Waals surface area contributed by atoms with Crippen molar-refractivity contribution in [2.45, 2.75) is 25.9 Å². The molecule has 128 valence electrons. The molecule has 3 nitrogen and oxygen atoms in total. The van der Waals surface area contributed by atoms with Crippen LogP contribution in [-0.2, 0) is 6.54 Å². The fourth-order valence-corrected chi connectivity index (χ4v) is 3.24. The van der Waals surface area contributed by atoms with Gasteiger partial charge in [0.25, 0.3) is 0 Å². The Bertz CT molecular complexity index is 645. The monoisotopic (exact) mass is 327 g/mol. The average Bonchev–Trinajstić information content (AvgIpc) is 2.59. The Morgan fingerprint density at radius 2 is 2.04 bits per heavy atom. The third kappa shape index (κ3) is 4.79. The highest BCUT2D eigenvalue weighted by Gasteiger charge is 2.18. The summed E-state index contributed by atoms with van der Waals surface area (Å²) in [6.07, 6.45) is 1.03. The zero-order chi connectivity index (χ0) is 16.8. The van der Waals surface area contributed by atoms with Crippen LogP contribution in [0.2, 0.25) is 0 Å². The van der Waals surface area contributed by atoms with Crippen molar-refractivity contribution in [1.29, 1.82) is 0 Å². The second-order valence-corrected chi connectivity index (χ2v) is 6.55. The number of rotatable bonds is 6. The van der Waals surface area contributed by atoms with Crippen molar-refractivity contribution < 1.29 is 4.39 Å². The van der Waals surface area contributed by atoms with Gasteiger partial charge in [-0.25, -0.2) is 4.39 Å². The van der Waals surface area contributed by atoms with Gasteiger partial charge in [0.1, 0.15) is 5.82 Å². The van der Waals surface area contributed by atoms with Crippen molar-refractivity contribution in [3.05, 3.63) is 65.5 Å². The molecule has 0 radical (unpaired) electrons. The molecule has 1 aliphatic rings. The van der Waals surface area contributed by atoms with Crippen LogP contribution in [0.1, 0.15) is 17.5 Å². The second-order valence-electron chi connectivity index (χ2n) is 6.55. The highest BCUT2D eigenvalue weighted by Crippen LogP contribution is 2.16. The van der Waals surface area contributed by atoms with Gasteiger partial charge in [-0.2, -0.15) is 0 Å². The predicted octanol–water partition coefficient (Wildman–Crippen LogP) is 3.41. The Morgan fingerprint density at radius 3 is 2.88 bits per heavy atom. The maximum Gasteiger partial charge on any atom is 0.125 e. The van der Waals surface area contributed by atoms with Gasteiger partial charge in [-0.3, -0.25) is 4.90 Å². The molecule has 0 aliphatic carbocycles. The fourth-order valence-electron chi connectivity index (χ4n) is 3.24. The fraction of sp³-hybridized carbons (Fsp3) is 0.400. The standard InChI is InChI=1S/C20H26FN3/c1-16-7-8-18(21)13-20(16)23-10-9-19-15-24(12-11-22-19)14-17-5-3-2-4-6-17/h2-8,13,19,22-23H,9-12,14-15H2,1H3. The predicted molar refractivity (Wildman–Crippen MR) is 97.8 cm³/mol. The number of hydrogen-bond donors (Lipinski definition) is 2. The number of aryl methyl sites for hydroxylation is 1. The van der Waals surface area contributed by atoms with E-state index in [9.17, 15) is 4.39 Å². The molecule has 2 N–H and O–H groups in total. The van der Waals surface area contributed by atoms with Crippen molar-refractivity contribution >= 4 is 5.69 Å². The summed E-state index contributed by atoms with van der Waals surface area (Å²) < 4.78 is 13.3. The van der Waals surface area contributed by atoms with E-state index in [0.717, 1.165) is 50.4 Å². The maximum absolute atomic E-state index is 13.3. The molecule has 0 amide bonds. The van der Waals surface area contributed by atoms with Crippen LogP contribution in [0.3, 0.4) is 0 Å². The van der Waals surface area contributed by atoms with Gasteiger partial charge in [0.05, 0.1) is 0 Å². The lowest BCUT2D eigenvalue weighted by atomic mass is 10.1. The first-order valence-electron chi connectivity index (χ1n) is 8.70. The van der Waals surface area contributed by atoms with Crippen LogP contribution in [0.25, 0.3) is 0 Å². The van der Waals surface area contributed by atoms with Gasteiger partial charge in [0, 0.05) is 44.5 Å². The summed E-state index contributed by atoms with van der Waals surface area (Å²) in [5.74, 6) is -0.187. The normalized spacial score (nSPS) is 18.5. The summed E-state index contributed by atoms with van der Waals surface area (Å²) in [5, 5.41) is 6.96. The molecule has 24 heavy (non-hydrogen) atoms. The van der Waals surface area contributed by atoms with E-state index in [4.69, 9.17) is 0 Å². The van der Waals surface area contributed by atoms with Gasteiger partial charge in [-0.15, -0.1) is 0 Å². The number of hydrogen-bond acceptors (Lipinski definition) is 3. The smallest absolute Gasteiger partial charge is 0.125 e. The van der Waals surface area contributed by atoms with Gasteiger partial charge in [-0.05, 0) is 36.6 Å². The Labute approximate surface area is 143 Å². The number of nitrogens with one attached hydrogen (secondary N) is 2. The maximum atomic E-state index is 13.3. The van der Waals surface area contributed by atoms with Crippen LogP contribution in [0, 0.1) is 12.7 Å². The molecule has 1 heterocycles. The van der Waals surface area contributed by atoms with Crippen molar-refractivity contribution in [2.24, 2.45) is 0 Å². The molecule has 1 unspecified atom stereocenters. The molecule has 0 saturated carbocycles. The third-order valence-corrected chi connectivity index (χ3v) is 4.60. The minimum Gasteiger partial charge on any atom is -0.385 e. The molecule has 3 rings (SSSR count). The quantitative estimate of drug-likeness (QED) is 0.851. The Balaban J connectivity index is 1.46. The number of benzene rings is 2. The summed E-state index contributed by atoms with van der Waals surface area (Å²) in [7, 11) is 0. The summed E-state index contributed by atoms with van der Waals surface area (Å²) in [4.78, 5) is 2.50. The lowest BCUT2D eigenvalue weighted by Crippen LogP contribution is -2.50. The van der Waals surface area contributed by atoms with E-state index in [1.165, 1.54) is 11.6 Å².